The van der Waals surface area contributed by atoms with Crippen molar-refractivity contribution in [1.29, 1.82) is 0 Å². The monoisotopic (exact) mass is 489 g/mol. The summed E-state index contributed by atoms with van der Waals surface area (Å²) >= 11 is 1.51. The lowest BCUT2D eigenvalue weighted by molar-refractivity contribution is 0.0690. The Hall–Kier alpha value is -3.72. The van der Waals surface area contributed by atoms with Gasteiger partial charge in [-0.15, -0.1) is 11.3 Å². The molecule has 9 heteroatoms. The van der Waals surface area contributed by atoms with Crippen molar-refractivity contribution in [2.75, 3.05) is 20.2 Å². The lowest BCUT2D eigenvalue weighted by atomic mass is 10.0. The summed E-state index contributed by atoms with van der Waals surface area (Å²) in [5, 5.41) is 1.95. The maximum absolute atomic E-state index is 14.0. The Balaban J connectivity index is 1.28. The summed E-state index contributed by atoms with van der Waals surface area (Å²) < 4.78 is 23.7. The number of methoxy groups -OCH3 is 1. The Labute approximate surface area is 205 Å². The third kappa shape index (κ3) is 3.95. The van der Waals surface area contributed by atoms with E-state index in [0.29, 0.717) is 30.7 Å². The van der Waals surface area contributed by atoms with Crippen molar-refractivity contribution in [2.45, 2.75) is 25.3 Å². The number of rotatable bonds is 5. The summed E-state index contributed by atoms with van der Waals surface area (Å²) in [6, 6.07) is 12.8. The third-order valence-electron chi connectivity index (χ3n) is 6.69. The number of carbonyl (C=O) groups excluding carboxylic acids is 1. The predicted molar refractivity (Wildman–Crippen MR) is 133 cm³/mol. The number of aromatic nitrogens is 4. The molecule has 178 valence electrons. The summed E-state index contributed by atoms with van der Waals surface area (Å²) in [7, 11) is 1.66. The van der Waals surface area contributed by atoms with Crippen LogP contribution in [-0.4, -0.2) is 49.9 Å². The van der Waals surface area contributed by atoms with Gasteiger partial charge < -0.3 is 14.2 Å². The molecule has 1 aliphatic heterocycles. The molecular formula is C26H24FN5O2S. The van der Waals surface area contributed by atoms with E-state index in [2.05, 4.69) is 9.55 Å². The molecule has 35 heavy (non-hydrogen) atoms. The van der Waals surface area contributed by atoms with Crippen molar-refractivity contribution in [3.05, 3.63) is 83.1 Å². The molecule has 0 saturated carbocycles. The molecule has 3 aromatic heterocycles. The van der Waals surface area contributed by atoms with Crippen LogP contribution in [0.1, 0.15) is 40.8 Å². The van der Waals surface area contributed by atoms with Gasteiger partial charge in [0.05, 0.1) is 18.1 Å². The molecule has 0 atom stereocenters. The fourth-order valence-electron chi connectivity index (χ4n) is 4.99. The number of ether oxygens (including phenoxy) is 1. The number of amides is 1. The number of carbonyl (C=O) groups is 1. The number of piperidine rings is 1. The lowest BCUT2D eigenvalue weighted by Gasteiger charge is -2.33. The summed E-state index contributed by atoms with van der Waals surface area (Å²) in [5.74, 6) is 1.34. The van der Waals surface area contributed by atoms with E-state index >= 15 is 0 Å². The largest absolute Gasteiger partial charge is 0.496 e. The van der Waals surface area contributed by atoms with Gasteiger partial charge in [-0.2, -0.15) is 0 Å². The number of benzene rings is 2. The van der Waals surface area contributed by atoms with Crippen molar-refractivity contribution in [3.63, 3.8) is 0 Å². The number of thiazole rings is 1. The maximum atomic E-state index is 14.0. The summed E-state index contributed by atoms with van der Waals surface area (Å²) in [6.07, 6.45) is 5.85. The Morgan fingerprint density at radius 2 is 2.00 bits per heavy atom. The number of hydrogen-bond acceptors (Lipinski definition) is 5. The van der Waals surface area contributed by atoms with E-state index in [1.54, 1.807) is 19.4 Å². The molecule has 1 saturated heterocycles. The van der Waals surface area contributed by atoms with E-state index in [1.165, 1.54) is 23.5 Å². The van der Waals surface area contributed by atoms with Gasteiger partial charge in [-0.3, -0.25) is 9.20 Å². The first-order chi connectivity index (χ1) is 17.1. The van der Waals surface area contributed by atoms with E-state index < -0.39 is 0 Å². The average Bonchev–Trinajstić information content (AvgIpc) is 3.57. The standard InChI is InChI=1S/C26H24FN5O2S/c1-34-23-5-3-2-4-17(23)14-24-28-20-15-18(27)6-7-22(20)32(24)19-8-10-30(11-9-19)25(33)21-16-31-12-13-35-26(31)29-21/h2-7,12-13,15-16,19H,8-11,14H2,1H3. The third-order valence-corrected chi connectivity index (χ3v) is 7.47. The first-order valence-electron chi connectivity index (χ1n) is 11.6. The molecule has 0 spiro atoms. The fourth-order valence-corrected chi connectivity index (χ4v) is 5.69. The van der Waals surface area contributed by atoms with Crippen LogP contribution in [0.3, 0.4) is 0 Å². The van der Waals surface area contributed by atoms with Crippen LogP contribution in [0.2, 0.25) is 0 Å². The molecule has 7 nitrogen and oxygen atoms in total. The molecule has 6 rings (SSSR count). The maximum Gasteiger partial charge on any atom is 0.274 e. The number of imidazole rings is 2. The summed E-state index contributed by atoms with van der Waals surface area (Å²) in [4.78, 5) is 25.1. The van der Waals surface area contributed by atoms with Gasteiger partial charge in [0, 0.05) is 55.0 Å². The van der Waals surface area contributed by atoms with Crippen molar-refractivity contribution < 1.29 is 13.9 Å². The SMILES string of the molecule is COc1ccccc1Cc1nc2cc(F)ccc2n1C1CCN(C(=O)c2cn3ccsc3n2)CC1. The molecule has 0 aliphatic carbocycles. The number of fused-ring (bicyclic) bond motifs is 2. The molecule has 0 N–H and O–H groups in total. The zero-order valence-electron chi connectivity index (χ0n) is 19.2. The van der Waals surface area contributed by atoms with Gasteiger partial charge in [0.2, 0.25) is 0 Å². The quantitative estimate of drug-likeness (QED) is 0.350. The number of halogens is 1. The number of likely N-dealkylation sites (tertiary alicyclic amines) is 1. The van der Waals surface area contributed by atoms with Crippen LogP contribution in [0, 0.1) is 5.82 Å². The summed E-state index contributed by atoms with van der Waals surface area (Å²) in [6.45, 7) is 1.26. The molecule has 2 aromatic carbocycles. The van der Waals surface area contributed by atoms with Crippen LogP contribution in [0.4, 0.5) is 4.39 Å². The van der Waals surface area contributed by atoms with Crippen LogP contribution in [0.5, 0.6) is 5.75 Å². The average molecular weight is 490 g/mol. The number of hydrogen-bond donors (Lipinski definition) is 0. The van der Waals surface area contributed by atoms with Crippen molar-refractivity contribution in [2.24, 2.45) is 0 Å². The van der Waals surface area contributed by atoms with Crippen LogP contribution in [0.25, 0.3) is 16.0 Å². The highest BCUT2D eigenvalue weighted by Gasteiger charge is 2.28. The van der Waals surface area contributed by atoms with Gasteiger partial charge in [0.15, 0.2) is 4.96 Å². The smallest absolute Gasteiger partial charge is 0.274 e. The molecule has 0 unspecified atom stereocenters. The van der Waals surface area contributed by atoms with Gasteiger partial charge in [0.25, 0.3) is 5.91 Å². The normalized spacial score (nSPS) is 14.7. The van der Waals surface area contributed by atoms with Gasteiger partial charge in [-0.1, -0.05) is 18.2 Å². The Bertz CT molecular complexity index is 1500. The predicted octanol–water partition coefficient (Wildman–Crippen LogP) is 4.96. The molecule has 1 amide bonds. The molecule has 4 heterocycles. The zero-order chi connectivity index (χ0) is 23.9. The zero-order valence-corrected chi connectivity index (χ0v) is 20.0. The van der Waals surface area contributed by atoms with E-state index in [4.69, 9.17) is 9.72 Å². The highest BCUT2D eigenvalue weighted by Crippen LogP contribution is 2.32. The molecule has 0 radical (unpaired) electrons. The van der Waals surface area contributed by atoms with Gasteiger partial charge >= 0.3 is 0 Å². The van der Waals surface area contributed by atoms with Gasteiger partial charge in [0.1, 0.15) is 23.1 Å². The van der Waals surface area contributed by atoms with E-state index in [9.17, 15) is 9.18 Å². The highest BCUT2D eigenvalue weighted by molar-refractivity contribution is 7.15. The van der Waals surface area contributed by atoms with E-state index in [1.807, 2.05) is 45.1 Å². The summed E-state index contributed by atoms with van der Waals surface area (Å²) in [5.41, 5.74) is 3.07. The van der Waals surface area contributed by atoms with E-state index in [-0.39, 0.29) is 17.8 Å². The molecule has 1 aliphatic rings. The minimum atomic E-state index is -0.300. The van der Waals surface area contributed by atoms with Crippen LogP contribution in [-0.2, 0) is 6.42 Å². The Morgan fingerprint density at radius 1 is 1.17 bits per heavy atom. The minimum absolute atomic E-state index is 0.0360. The number of para-hydroxylation sites is 1. The molecular weight excluding hydrogens is 465 g/mol. The van der Waals surface area contributed by atoms with Crippen LogP contribution in [0.15, 0.2) is 60.2 Å². The lowest BCUT2D eigenvalue weighted by Crippen LogP contribution is -2.39. The molecule has 0 bridgehead atoms. The first kappa shape index (κ1) is 21.8. The van der Waals surface area contributed by atoms with Crippen LogP contribution < -0.4 is 4.74 Å². The second kappa shape index (κ2) is 8.81. The first-order valence-corrected chi connectivity index (χ1v) is 12.5. The molecule has 5 aromatic rings. The Kier molecular flexibility index (Phi) is 5.49. The molecule has 1 fully saturated rings. The second-order valence-electron chi connectivity index (χ2n) is 8.76. The van der Waals surface area contributed by atoms with E-state index in [0.717, 1.165) is 40.5 Å². The van der Waals surface area contributed by atoms with Crippen molar-refractivity contribution in [3.8, 4) is 5.75 Å². The van der Waals surface area contributed by atoms with Crippen molar-refractivity contribution >= 4 is 33.2 Å². The van der Waals surface area contributed by atoms with Gasteiger partial charge in [-0.25, -0.2) is 14.4 Å². The second-order valence-corrected chi connectivity index (χ2v) is 9.64. The highest BCUT2D eigenvalue weighted by atomic mass is 32.1. The minimum Gasteiger partial charge on any atom is -0.496 e. The Morgan fingerprint density at radius 3 is 2.80 bits per heavy atom. The van der Waals surface area contributed by atoms with Crippen molar-refractivity contribution in [1.82, 2.24) is 23.8 Å². The topological polar surface area (TPSA) is 64.7 Å². The van der Waals surface area contributed by atoms with Gasteiger partial charge in [-0.05, 0) is 31.0 Å². The van der Waals surface area contributed by atoms with Crippen LogP contribution >= 0.6 is 11.3 Å². The fraction of sp³-hybridized carbons (Fsp3) is 0.269. The number of nitrogens with zero attached hydrogens (tertiary/aromatic N) is 5.